The highest BCUT2D eigenvalue weighted by molar-refractivity contribution is 6.42. The van der Waals surface area contributed by atoms with E-state index in [0.717, 1.165) is 5.56 Å². The predicted molar refractivity (Wildman–Crippen MR) is 99.0 cm³/mol. The zero-order valence-corrected chi connectivity index (χ0v) is 15.4. The fourth-order valence-corrected chi connectivity index (χ4v) is 3.19. The molecular formula is C19H17Cl2FN2O2. The van der Waals surface area contributed by atoms with E-state index in [4.69, 9.17) is 23.2 Å². The number of carbonyl (C=O) groups is 2. The van der Waals surface area contributed by atoms with Gasteiger partial charge in [-0.05, 0) is 42.0 Å². The van der Waals surface area contributed by atoms with E-state index in [9.17, 15) is 14.0 Å². The van der Waals surface area contributed by atoms with Gasteiger partial charge in [-0.2, -0.15) is 0 Å². The van der Waals surface area contributed by atoms with Crippen molar-refractivity contribution >= 4 is 35.0 Å². The van der Waals surface area contributed by atoms with Crippen LogP contribution in [0.1, 0.15) is 15.9 Å². The Bertz CT molecular complexity index is 819. The quantitative estimate of drug-likeness (QED) is 0.796. The number of rotatable bonds is 3. The Morgan fingerprint density at radius 1 is 0.885 bits per heavy atom. The third-order valence-corrected chi connectivity index (χ3v) is 5.09. The molecule has 2 amide bonds. The van der Waals surface area contributed by atoms with Crippen molar-refractivity contribution in [1.29, 1.82) is 0 Å². The summed E-state index contributed by atoms with van der Waals surface area (Å²) in [5, 5.41) is 0.877. The van der Waals surface area contributed by atoms with Crippen LogP contribution >= 0.6 is 23.2 Å². The van der Waals surface area contributed by atoms with Crippen molar-refractivity contribution in [1.82, 2.24) is 9.80 Å². The normalized spacial score (nSPS) is 14.4. The molecule has 0 aliphatic carbocycles. The summed E-state index contributed by atoms with van der Waals surface area (Å²) in [4.78, 5) is 28.3. The van der Waals surface area contributed by atoms with Crippen molar-refractivity contribution in [3.8, 4) is 0 Å². The summed E-state index contributed by atoms with van der Waals surface area (Å²) in [7, 11) is 0. The Hall–Kier alpha value is -2.11. The smallest absolute Gasteiger partial charge is 0.253 e. The molecule has 1 aliphatic heterocycles. The first-order chi connectivity index (χ1) is 12.4. The van der Waals surface area contributed by atoms with E-state index in [2.05, 4.69) is 0 Å². The van der Waals surface area contributed by atoms with Gasteiger partial charge >= 0.3 is 0 Å². The van der Waals surface area contributed by atoms with Gasteiger partial charge in [0.15, 0.2) is 0 Å². The summed E-state index contributed by atoms with van der Waals surface area (Å²) in [5.41, 5.74) is 1.25. The predicted octanol–water partition coefficient (Wildman–Crippen LogP) is 3.66. The van der Waals surface area contributed by atoms with Crippen molar-refractivity contribution < 1.29 is 14.0 Å². The number of piperazine rings is 1. The maximum Gasteiger partial charge on any atom is 0.253 e. The van der Waals surface area contributed by atoms with E-state index in [1.807, 2.05) is 0 Å². The Balaban J connectivity index is 1.55. The van der Waals surface area contributed by atoms with E-state index in [1.165, 1.54) is 24.3 Å². The largest absolute Gasteiger partial charge is 0.339 e. The van der Waals surface area contributed by atoms with Crippen molar-refractivity contribution in [2.24, 2.45) is 0 Å². The molecule has 7 heteroatoms. The second kappa shape index (κ2) is 8.06. The number of hydrogen-bond donors (Lipinski definition) is 0. The molecule has 0 bridgehead atoms. The Morgan fingerprint density at radius 2 is 1.50 bits per heavy atom. The summed E-state index contributed by atoms with van der Waals surface area (Å²) < 4.78 is 13.0. The molecule has 0 atom stereocenters. The SMILES string of the molecule is O=C(Cc1ccc(Cl)c(Cl)c1)N1CCN(C(=O)c2ccc(F)cc2)CC1. The van der Waals surface area contributed by atoms with Crippen LogP contribution in [0.15, 0.2) is 42.5 Å². The molecular weight excluding hydrogens is 378 g/mol. The first-order valence-corrected chi connectivity index (χ1v) is 8.96. The maximum absolute atomic E-state index is 13.0. The summed E-state index contributed by atoms with van der Waals surface area (Å²) in [6.45, 7) is 1.83. The lowest BCUT2D eigenvalue weighted by Gasteiger charge is -2.35. The van der Waals surface area contributed by atoms with E-state index in [-0.39, 0.29) is 24.1 Å². The molecule has 0 aromatic heterocycles. The molecule has 1 saturated heterocycles. The fourth-order valence-electron chi connectivity index (χ4n) is 2.87. The Labute approximate surface area is 161 Å². The van der Waals surface area contributed by atoms with Gasteiger partial charge in [0.25, 0.3) is 5.91 Å². The molecule has 0 N–H and O–H groups in total. The summed E-state index contributed by atoms with van der Waals surface area (Å²) in [5.74, 6) is -0.543. The number of hydrogen-bond acceptors (Lipinski definition) is 2. The van der Waals surface area contributed by atoms with Crippen LogP contribution in [0.5, 0.6) is 0 Å². The zero-order chi connectivity index (χ0) is 18.7. The van der Waals surface area contributed by atoms with Crippen molar-refractivity contribution in [3.63, 3.8) is 0 Å². The van der Waals surface area contributed by atoms with Gasteiger partial charge in [0.2, 0.25) is 5.91 Å². The van der Waals surface area contributed by atoms with Gasteiger partial charge in [-0.1, -0.05) is 29.3 Å². The first kappa shape index (κ1) is 18.7. The van der Waals surface area contributed by atoms with Crippen LogP contribution in [0.3, 0.4) is 0 Å². The van der Waals surface area contributed by atoms with E-state index >= 15 is 0 Å². The molecule has 1 heterocycles. The van der Waals surface area contributed by atoms with E-state index in [1.54, 1.807) is 28.0 Å². The van der Waals surface area contributed by atoms with E-state index < -0.39 is 0 Å². The minimum atomic E-state index is -0.376. The molecule has 1 fully saturated rings. The van der Waals surface area contributed by atoms with Gasteiger partial charge < -0.3 is 9.80 Å². The van der Waals surface area contributed by atoms with Crippen LogP contribution < -0.4 is 0 Å². The number of halogens is 3. The van der Waals surface area contributed by atoms with Crippen LogP contribution in [-0.4, -0.2) is 47.8 Å². The van der Waals surface area contributed by atoms with Crippen molar-refractivity contribution in [2.75, 3.05) is 26.2 Å². The molecule has 26 heavy (non-hydrogen) atoms. The number of nitrogens with zero attached hydrogens (tertiary/aromatic N) is 2. The van der Waals surface area contributed by atoms with Crippen LogP contribution in [0.4, 0.5) is 4.39 Å². The molecule has 3 rings (SSSR count). The number of benzene rings is 2. The molecule has 0 spiro atoms. The first-order valence-electron chi connectivity index (χ1n) is 8.20. The lowest BCUT2D eigenvalue weighted by atomic mass is 10.1. The highest BCUT2D eigenvalue weighted by Gasteiger charge is 2.25. The highest BCUT2D eigenvalue weighted by atomic mass is 35.5. The molecule has 4 nitrogen and oxygen atoms in total. The van der Waals surface area contributed by atoms with Crippen LogP contribution in [0, 0.1) is 5.82 Å². The van der Waals surface area contributed by atoms with E-state index in [0.29, 0.717) is 41.8 Å². The van der Waals surface area contributed by atoms with Gasteiger partial charge in [-0.15, -0.1) is 0 Å². The molecule has 0 saturated carbocycles. The maximum atomic E-state index is 13.0. The Morgan fingerprint density at radius 3 is 2.12 bits per heavy atom. The zero-order valence-electron chi connectivity index (χ0n) is 13.9. The standard InChI is InChI=1S/C19H17Cl2FN2O2/c20-16-6-1-13(11-17(16)21)12-18(25)23-7-9-24(10-8-23)19(26)14-2-4-15(22)5-3-14/h1-6,11H,7-10,12H2. The average Bonchev–Trinajstić information content (AvgIpc) is 2.65. The summed E-state index contributed by atoms with van der Waals surface area (Å²) >= 11 is 11.9. The molecule has 0 unspecified atom stereocenters. The van der Waals surface area contributed by atoms with Gasteiger partial charge in [-0.3, -0.25) is 9.59 Å². The fraction of sp³-hybridized carbons (Fsp3) is 0.263. The monoisotopic (exact) mass is 394 g/mol. The topological polar surface area (TPSA) is 40.6 Å². The van der Waals surface area contributed by atoms with Gasteiger partial charge in [0.1, 0.15) is 5.82 Å². The lowest BCUT2D eigenvalue weighted by Crippen LogP contribution is -2.51. The van der Waals surface area contributed by atoms with Gasteiger partial charge in [0, 0.05) is 31.7 Å². The number of amides is 2. The minimum absolute atomic E-state index is 0.0164. The molecule has 136 valence electrons. The highest BCUT2D eigenvalue weighted by Crippen LogP contribution is 2.23. The molecule has 2 aromatic carbocycles. The van der Waals surface area contributed by atoms with Crippen molar-refractivity contribution in [3.05, 3.63) is 69.5 Å². The summed E-state index contributed by atoms with van der Waals surface area (Å²) in [6, 6.07) is 10.6. The molecule has 2 aromatic rings. The number of carbonyl (C=O) groups excluding carboxylic acids is 2. The second-order valence-electron chi connectivity index (χ2n) is 6.11. The summed E-state index contributed by atoms with van der Waals surface area (Å²) in [6.07, 6.45) is 0.239. The van der Waals surface area contributed by atoms with Crippen LogP contribution in [-0.2, 0) is 11.2 Å². The third kappa shape index (κ3) is 4.34. The molecule has 0 radical (unpaired) electrons. The van der Waals surface area contributed by atoms with Crippen LogP contribution in [0.25, 0.3) is 0 Å². The minimum Gasteiger partial charge on any atom is -0.339 e. The second-order valence-corrected chi connectivity index (χ2v) is 6.92. The molecule has 1 aliphatic rings. The van der Waals surface area contributed by atoms with Gasteiger partial charge in [-0.25, -0.2) is 4.39 Å². The van der Waals surface area contributed by atoms with Crippen molar-refractivity contribution in [2.45, 2.75) is 6.42 Å². The van der Waals surface area contributed by atoms with Crippen LogP contribution in [0.2, 0.25) is 10.0 Å². The third-order valence-electron chi connectivity index (χ3n) is 4.35. The Kier molecular flexibility index (Phi) is 5.79. The average molecular weight is 395 g/mol. The lowest BCUT2D eigenvalue weighted by molar-refractivity contribution is -0.131. The van der Waals surface area contributed by atoms with Gasteiger partial charge in [0.05, 0.1) is 16.5 Å².